The molecule has 1 saturated heterocycles. The van der Waals surface area contributed by atoms with Crippen LogP contribution in [0.3, 0.4) is 0 Å². The molecule has 6 nitrogen and oxygen atoms in total. The number of amides is 2. The van der Waals surface area contributed by atoms with E-state index in [1.165, 1.54) is 9.58 Å². The predicted molar refractivity (Wildman–Crippen MR) is 103 cm³/mol. The third-order valence-electron chi connectivity index (χ3n) is 7.41. The molecule has 1 aromatic carbocycles. The Bertz CT molecular complexity index is 1090. The van der Waals surface area contributed by atoms with Crippen LogP contribution in [0.25, 0.3) is 5.69 Å². The number of allylic oxidation sites excluding steroid dienone is 2. The first-order valence-corrected chi connectivity index (χ1v) is 9.91. The third kappa shape index (κ3) is 1.76. The topological polar surface area (TPSA) is 64.3 Å². The molecule has 2 heterocycles. The fourth-order valence-electron chi connectivity index (χ4n) is 5.99. The summed E-state index contributed by atoms with van der Waals surface area (Å²) in [6.45, 7) is 1.79. The van der Waals surface area contributed by atoms with E-state index in [4.69, 9.17) is 0 Å². The number of para-hydroxylation sites is 1. The highest BCUT2D eigenvalue weighted by Gasteiger charge is 2.67. The van der Waals surface area contributed by atoms with E-state index in [0.29, 0.717) is 23.2 Å². The zero-order chi connectivity index (χ0) is 19.3. The standard InChI is InChI=1S/C22H21N3O3/c1-11-19(22(28)25(23(11)2)12-6-4-3-5-7-12)24-20(26)17-13-8-9-14(16-10-15(13)16)18(17)21(24)27/h3-9,13-18H,10H2,1-2H3/t13-,14-,15-,16-,17-,18+/m1/s1. The van der Waals surface area contributed by atoms with Gasteiger partial charge in [0.2, 0.25) is 11.8 Å². The summed E-state index contributed by atoms with van der Waals surface area (Å²) in [6, 6.07) is 9.29. The Kier molecular flexibility index (Phi) is 2.95. The first kappa shape index (κ1) is 16.1. The van der Waals surface area contributed by atoms with Gasteiger partial charge in [0, 0.05) is 7.05 Å². The van der Waals surface area contributed by atoms with Gasteiger partial charge < -0.3 is 0 Å². The van der Waals surface area contributed by atoms with Crippen molar-refractivity contribution in [3.05, 3.63) is 58.5 Å². The van der Waals surface area contributed by atoms with Crippen molar-refractivity contribution in [2.24, 2.45) is 42.6 Å². The number of hydrogen-bond donors (Lipinski definition) is 0. The minimum atomic E-state index is -0.322. The summed E-state index contributed by atoms with van der Waals surface area (Å²) in [5, 5.41) is 0. The van der Waals surface area contributed by atoms with Gasteiger partial charge >= 0.3 is 0 Å². The summed E-state index contributed by atoms with van der Waals surface area (Å²) >= 11 is 0. The van der Waals surface area contributed by atoms with Crippen molar-refractivity contribution in [3.63, 3.8) is 0 Å². The number of anilines is 1. The number of hydrogen-bond acceptors (Lipinski definition) is 3. The van der Waals surface area contributed by atoms with Crippen LogP contribution >= 0.6 is 0 Å². The van der Waals surface area contributed by atoms with Gasteiger partial charge in [0.05, 0.1) is 23.2 Å². The fraction of sp³-hybridized carbons (Fsp3) is 0.409. The summed E-state index contributed by atoms with van der Waals surface area (Å²) in [7, 11) is 1.78. The van der Waals surface area contributed by atoms with Crippen molar-refractivity contribution in [1.82, 2.24) is 9.36 Å². The maximum absolute atomic E-state index is 13.4. The van der Waals surface area contributed by atoms with Gasteiger partial charge in [0.15, 0.2) is 0 Å². The Hall–Kier alpha value is -2.89. The zero-order valence-electron chi connectivity index (χ0n) is 15.8. The average molecular weight is 375 g/mol. The lowest BCUT2D eigenvalue weighted by Gasteiger charge is -2.37. The molecule has 0 unspecified atom stereocenters. The number of benzene rings is 1. The highest BCUT2D eigenvalue weighted by molar-refractivity contribution is 6.22. The van der Waals surface area contributed by atoms with Crippen molar-refractivity contribution in [1.29, 1.82) is 0 Å². The third-order valence-corrected chi connectivity index (χ3v) is 7.41. The molecule has 5 aliphatic rings. The highest BCUT2D eigenvalue weighted by atomic mass is 16.2. The molecule has 6 atom stereocenters. The molecule has 0 radical (unpaired) electrons. The number of nitrogens with zero attached hydrogens (tertiary/aromatic N) is 3. The maximum Gasteiger partial charge on any atom is 0.296 e. The molecule has 2 saturated carbocycles. The van der Waals surface area contributed by atoms with Crippen LogP contribution in [-0.2, 0) is 16.6 Å². The zero-order valence-corrected chi connectivity index (χ0v) is 15.8. The van der Waals surface area contributed by atoms with E-state index in [-0.39, 0.29) is 46.7 Å². The largest absolute Gasteiger partial charge is 0.296 e. The van der Waals surface area contributed by atoms with Crippen molar-refractivity contribution >= 4 is 17.5 Å². The second-order valence-electron chi connectivity index (χ2n) is 8.58. The normalized spacial score (nSPS) is 34.7. The first-order valence-electron chi connectivity index (χ1n) is 9.91. The summed E-state index contributed by atoms with van der Waals surface area (Å²) in [4.78, 5) is 41.3. The van der Waals surface area contributed by atoms with E-state index < -0.39 is 0 Å². The molecule has 7 rings (SSSR count). The van der Waals surface area contributed by atoms with E-state index >= 15 is 0 Å². The van der Waals surface area contributed by atoms with E-state index in [0.717, 1.165) is 6.42 Å². The van der Waals surface area contributed by atoms with Crippen LogP contribution in [0.5, 0.6) is 0 Å². The molecule has 6 heteroatoms. The van der Waals surface area contributed by atoms with Crippen molar-refractivity contribution in [2.75, 3.05) is 4.90 Å². The fourth-order valence-corrected chi connectivity index (χ4v) is 5.99. The van der Waals surface area contributed by atoms with Gasteiger partial charge in [-0.1, -0.05) is 30.4 Å². The van der Waals surface area contributed by atoms with Crippen LogP contribution in [-0.4, -0.2) is 21.2 Å². The summed E-state index contributed by atoms with van der Waals surface area (Å²) < 4.78 is 3.25. The number of carbonyl (C=O) groups is 2. The average Bonchev–Trinajstić information content (AvgIpc) is 3.45. The number of carbonyl (C=O) groups excluding carboxylic acids is 2. The minimum Gasteiger partial charge on any atom is -0.283 e. The molecule has 2 bridgehead atoms. The number of imide groups is 1. The Morgan fingerprint density at radius 1 is 0.893 bits per heavy atom. The molecule has 2 amide bonds. The molecule has 0 spiro atoms. The van der Waals surface area contributed by atoms with Crippen molar-refractivity contribution in [2.45, 2.75) is 13.3 Å². The van der Waals surface area contributed by atoms with Gasteiger partial charge in [0.1, 0.15) is 5.69 Å². The molecule has 28 heavy (non-hydrogen) atoms. The SMILES string of the molecule is Cc1c(N2C(=O)[C@@H]3[C@@H]4C=C[C@H]([C@H]5C[C@H]45)[C@@H]3C2=O)c(=O)n(-c2ccccc2)n1C. The number of aromatic nitrogens is 2. The Balaban J connectivity index is 1.49. The Morgan fingerprint density at radius 3 is 2.04 bits per heavy atom. The monoisotopic (exact) mass is 375 g/mol. The predicted octanol–water partition coefficient (Wildman–Crippen LogP) is 2.04. The Morgan fingerprint density at radius 2 is 1.46 bits per heavy atom. The highest BCUT2D eigenvalue weighted by Crippen LogP contribution is 2.65. The van der Waals surface area contributed by atoms with Crippen molar-refractivity contribution in [3.8, 4) is 5.69 Å². The van der Waals surface area contributed by atoms with Gasteiger partial charge in [-0.25, -0.2) is 9.58 Å². The smallest absolute Gasteiger partial charge is 0.283 e. The summed E-state index contributed by atoms with van der Waals surface area (Å²) in [5.74, 6) is 0.433. The molecule has 3 fully saturated rings. The van der Waals surface area contributed by atoms with Gasteiger partial charge in [-0.05, 0) is 49.1 Å². The van der Waals surface area contributed by atoms with Crippen LogP contribution in [0.1, 0.15) is 12.1 Å². The molecule has 1 aromatic heterocycles. The molecule has 4 aliphatic carbocycles. The van der Waals surface area contributed by atoms with Crippen LogP contribution in [0.2, 0.25) is 0 Å². The lowest BCUT2D eigenvalue weighted by atomic mass is 9.63. The van der Waals surface area contributed by atoms with Crippen LogP contribution in [0.4, 0.5) is 5.69 Å². The van der Waals surface area contributed by atoms with Gasteiger partial charge in [-0.3, -0.25) is 19.1 Å². The molecule has 1 aliphatic heterocycles. The lowest BCUT2D eigenvalue weighted by molar-refractivity contribution is -0.124. The van der Waals surface area contributed by atoms with E-state index in [2.05, 4.69) is 12.2 Å². The van der Waals surface area contributed by atoms with Gasteiger partial charge in [-0.2, -0.15) is 0 Å². The second kappa shape index (κ2) is 5.13. The van der Waals surface area contributed by atoms with Crippen molar-refractivity contribution < 1.29 is 9.59 Å². The molecule has 142 valence electrons. The molecular weight excluding hydrogens is 354 g/mol. The van der Waals surface area contributed by atoms with Crippen LogP contribution in [0.15, 0.2) is 47.3 Å². The van der Waals surface area contributed by atoms with Crippen LogP contribution in [0, 0.1) is 42.4 Å². The molecular formula is C22H21N3O3. The van der Waals surface area contributed by atoms with Gasteiger partial charge in [-0.15, -0.1) is 0 Å². The molecule has 0 N–H and O–H groups in total. The maximum atomic E-state index is 13.4. The van der Waals surface area contributed by atoms with Gasteiger partial charge in [0.25, 0.3) is 5.56 Å². The number of rotatable bonds is 2. The van der Waals surface area contributed by atoms with Crippen LogP contribution < -0.4 is 10.5 Å². The summed E-state index contributed by atoms with van der Waals surface area (Å²) in [5.41, 5.74) is 1.23. The van der Waals surface area contributed by atoms with E-state index in [1.54, 1.807) is 18.7 Å². The quantitative estimate of drug-likeness (QED) is 0.596. The summed E-state index contributed by atoms with van der Waals surface area (Å²) in [6.07, 6.45) is 5.42. The second-order valence-corrected chi connectivity index (χ2v) is 8.58. The molecule has 2 aromatic rings. The van der Waals surface area contributed by atoms with E-state index in [1.807, 2.05) is 30.3 Å². The minimum absolute atomic E-state index is 0.154. The van der Waals surface area contributed by atoms with E-state index in [9.17, 15) is 14.4 Å². The lowest BCUT2D eigenvalue weighted by Crippen LogP contribution is -2.40. The Labute approximate surface area is 162 Å². The first-order chi connectivity index (χ1) is 13.5.